The van der Waals surface area contributed by atoms with E-state index in [-0.39, 0.29) is 11.4 Å². The van der Waals surface area contributed by atoms with Crippen LogP contribution in [0, 0.1) is 4.91 Å². The summed E-state index contributed by atoms with van der Waals surface area (Å²) in [6, 6.07) is 10.4. The number of carbonyl (C=O) groups is 1. The number of rotatable bonds is 2. The summed E-state index contributed by atoms with van der Waals surface area (Å²) in [6.07, 6.45) is -1.38. The molecule has 0 aliphatic heterocycles. The molecule has 17 heavy (non-hydrogen) atoms. The Kier molecular flexibility index (Phi) is 2.74. The number of hydrogen-bond acceptors (Lipinski definition) is 4. The maximum absolute atomic E-state index is 10.9. The molecule has 1 amide bonds. The maximum atomic E-state index is 10.9. The second-order valence-electron chi connectivity index (χ2n) is 3.57. The smallest absolute Gasteiger partial charge is 0.141 e. The number of fused-ring (bicyclic) bond motifs is 1. The van der Waals surface area contributed by atoms with Crippen molar-refractivity contribution in [2.45, 2.75) is 0 Å². The summed E-state index contributed by atoms with van der Waals surface area (Å²) in [7, 11) is 1.33. The molecule has 0 aliphatic carbocycles. The minimum atomic E-state index is -1.38. The van der Waals surface area contributed by atoms with Crippen LogP contribution in [-0.2, 0) is 0 Å². The number of carboxylic acid groups (broad SMARTS) is 1. The molecule has 0 aliphatic rings. The summed E-state index contributed by atoms with van der Waals surface area (Å²) in [6.45, 7) is 0. The molecule has 0 bridgehead atoms. The summed E-state index contributed by atoms with van der Waals surface area (Å²) in [4.78, 5) is 22.5. The van der Waals surface area contributed by atoms with Crippen molar-refractivity contribution in [3.63, 3.8) is 0 Å². The van der Waals surface area contributed by atoms with Crippen molar-refractivity contribution < 1.29 is 9.90 Å². The lowest BCUT2D eigenvalue weighted by Crippen LogP contribution is -2.38. The topological polar surface area (TPSA) is 72.8 Å². The normalized spacial score (nSPS) is 10.2. The average molecular weight is 229 g/mol. The molecule has 0 radical (unpaired) electrons. The quantitative estimate of drug-likeness (QED) is 0.739. The molecule has 0 saturated carbocycles. The van der Waals surface area contributed by atoms with Gasteiger partial charge in [-0.25, -0.2) is 0 Å². The molecule has 2 aromatic rings. The predicted molar refractivity (Wildman–Crippen MR) is 63.2 cm³/mol. The van der Waals surface area contributed by atoms with Crippen LogP contribution in [0.4, 0.5) is 16.2 Å². The fraction of sp³-hybridized carbons (Fsp3) is 0.0833. The fourth-order valence-electron chi connectivity index (χ4n) is 1.76. The van der Waals surface area contributed by atoms with Crippen molar-refractivity contribution in [3.8, 4) is 0 Å². The van der Waals surface area contributed by atoms with Gasteiger partial charge < -0.3 is 14.8 Å². The second-order valence-corrected chi connectivity index (χ2v) is 3.57. The van der Waals surface area contributed by atoms with Gasteiger partial charge >= 0.3 is 0 Å². The summed E-state index contributed by atoms with van der Waals surface area (Å²) >= 11 is 0. The molecule has 0 aromatic heterocycles. The lowest BCUT2D eigenvalue weighted by Gasteiger charge is -2.22. The van der Waals surface area contributed by atoms with Gasteiger partial charge in [0.05, 0.1) is 5.69 Å². The van der Waals surface area contributed by atoms with Crippen LogP contribution in [0.3, 0.4) is 0 Å². The average Bonchev–Trinajstić information content (AvgIpc) is 2.36. The van der Waals surface area contributed by atoms with Gasteiger partial charge in [-0.15, -0.1) is 4.91 Å². The van der Waals surface area contributed by atoms with Crippen LogP contribution >= 0.6 is 0 Å². The molecular weight excluding hydrogens is 220 g/mol. The molecule has 0 fully saturated rings. The Morgan fingerprint density at radius 3 is 2.59 bits per heavy atom. The van der Waals surface area contributed by atoms with E-state index in [0.29, 0.717) is 5.39 Å². The van der Waals surface area contributed by atoms with Crippen LogP contribution in [-0.4, -0.2) is 13.1 Å². The zero-order valence-corrected chi connectivity index (χ0v) is 9.08. The molecule has 0 N–H and O–H groups in total. The minimum Gasteiger partial charge on any atom is -0.530 e. The van der Waals surface area contributed by atoms with E-state index in [9.17, 15) is 14.8 Å². The number of carbonyl (C=O) groups excluding carboxylic acids is 1. The highest BCUT2D eigenvalue weighted by molar-refractivity contribution is 6.05. The number of amides is 1. The molecule has 0 heterocycles. The van der Waals surface area contributed by atoms with Gasteiger partial charge in [0.15, 0.2) is 0 Å². The third-order valence-electron chi connectivity index (χ3n) is 2.59. The SMILES string of the molecule is CN(C(=O)[O-])c1c(N=O)ccc2ccccc12. The fourth-order valence-corrected chi connectivity index (χ4v) is 1.76. The molecule has 0 unspecified atom stereocenters. The van der Waals surface area contributed by atoms with Crippen molar-refractivity contribution >= 4 is 28.2 Å². The highest BCUT2D eigenvalue weighted by Gasteiger charge is 2.13. The molecule has 0 atom stereocenters. The second kappa shape index (κ2) is 4.21. The Morgan fingerprint density at radius 2 is 1.94 bits per heavy atom. The van der Waals surface area contributed by atoms with Gasteiger partial charge in [0, 0.05) is 12.4 Å². The van der Waals surface area contributed by atoms with Gasteiger partial charge in [0.1, 0.15) is 11.8 Å². The van der Waals surface area contributed by atoms with E-state index in [1.807, 2.05) is 12.1 Å². The van der Waals surface area contributed by atoms with E-state index in [1.54, 1.807) is 18.2 Å². The first kappa shape index (κ1) is 11.1. The van der Waals surface area contributed by atoms with Gasteiger partial charge in [0.25, 0.3) is 0 Å². The molecule has 2 rings (SSSR count). The van der Waals surface area contributed by atoms with Crippen LogP contribution < -0.4 is 10.0 Å². The van der Waals surface area contributed by atoms with E-state index >= 15 is 0 Å². The van der Waals surface area contributed by atoms with Crippen molar-refractivity contribution in [2.24, 2.45) is 5.18 Å². The number of hydrogen-bond donors (Lipinski definition) is 0. The first-order chi connectivity index (χ1) is 8.15. The number of nitroso groups, excluding NO2 is 1. The van der Waals surface area contributed by atoms with Gasteiger partial charge in [0.2, 0.25) is 0 Å². The lowest BCUT2D eigenvalue weighted by atomic mass is 10.1. The van der Waals surface area contributed by atoms with Gasteiger partial charge in [-0.05, 0) is 16.6 Å². The Morgan fingerprint density at radius 1 is 1.24 bits per heavy atom. The molecule has 2 aromatic carbocycles. The van der Waals surface area contributed by atoms with Crippen molar-refractivity contribution in [1.82, 2.24) is 0 Å². The molecular formula is C12H9N2O3-. The Labute approximate surface area is 97.3 Å². The summed E-state index contributed by atoms with van der Waals surface area (Å²) in [5.74, 6) is 0. The van der Waals surface area contributed by atoms with E-state index in [0.717, 1.165) is 10.3 Å². The predicted octanol–water partition coefficient (Wildman–Crippen LogP) is 2.02. The standard InChI is InChI=1S/C12H10N2O3/c1-14(12(15)16)11-9-5-3-2-4-8(9)6-7-10(11)13-17/h2-7H,1H3,(H,15,16)/p-1. The van der Waals surface area contributed by atoms with Crippen LogP contribution in [0.15, 0.2) is 41.6 Å². The van der Waals surface area contributed by atoms with Crippen molar-refractivity contribution in [2.75, 3.05) is 11.9 Å². The van der Waals surface area contributed by atoms with Gasteiger partial charge in [-0.1, -0.05) is 30.3 Å². The highest BCUT2D eigenvalue weighted by Crippen LogP contribution is 2.35. The Bertz CT molecular complexity index is 595. The molecule has 86 valence electrons. The summed E-state index contributed by atoms with van der Waals surface area (Å²) in [5, 5.41) is 15.2. The van der Waals surface area contributed by atoms with E-state index < -0.39 is 6.09 Å². The van der Waals surface area contributed by atoms with Crippen LogP contribution in [0.25, 0.3) is 10.8 Å². The third kappa shape index (κ3) is 1.82. The van der Waals surface area contributed by atoms with Crippen molar-refractivity contribution in [3.05, 3.63) is 41.3 Å². The molecule has 0 saturated heterocycles. The number of anilines is 1. The highest BCUT2D eigenvalue weighted by atomic mass is 16.4. The van der Waals surface area contributed by atoms with Gasteiger partial charge in [-0.3, -0.25) is 0 Å². The van der Waals surface area contributed by atoms with E-state index in [2.05, 4.69) is 5.18 Å². The molecule has 5 heteroatoms. The van der Waals surface area contributed by atoms with Crippen LogP contribution in [0.2, 0.25) is 0 Å². The molecule has 0 spiro atoms. The van der Waals surface area contributed by atoms with Crippen LogP contribution in [0.1, 0.15) is 0 Å². The number of nitrogens with zero attached hydrogens (tertiary/aromatic N) is 2. The van der Waals surface area contributed by atoms with E-state index in [4.69, 9.17) is 0 Å². The van der Waals surface area contributed by atoms with Crippen molar-refractivity contribution in [1.29, 1.82) is 0 Å². The van der Waals surface area contributed by atoms with E-state index in [1.165, 1.54) is 13.1 Å². The summed E-state index contributed by atoms with van der Waals surface area (Å²) in [5.41, 5.74) is 0.327. The van der Waals surface area contributed by atoms with Crippen LogP contribution in [0.5, 0.6) is 0 Å². The first-order valence-electron chi connectivity index (χ1n) is 4.95. The van der Waals surface area contributed by atoms with Gasteiger partial charge in [-0.2, -0.15) is 0 Å². The largest absolute Gasteiger partial charge is 0.530 e. The Balaban J connectivity index is 2.80. The maximum Gasteiger partial charge on any atom is 0.141 e. The zero-order valence-electron chi connectivity index (χ0n) is 9.08. The first-order valence-corrected chi connectivity index (χ1v) is 4.95. The zero-order chi connectivity index (χ0) is 12.4. The summed E-state index contributed by atoms with van der Waals surface area (Å²) < 4.78 is 0. The monoisotopic (exact) mass is 229 g/mol. The molecule has 5 nitrogen and oxygen atoms in total. The minimum absolute atomic E-state index is 0.0791. The lowest BCUT2D eigenvalue weighted by molar-refractivity contribution is -0.246. The Hall–Kier alpha value is -2.43. The number of benzene rings is 2. The third-order valence-corrected chi connectivity index (χ3v) is 2.59.